The Morgan fingerprint density at radius 2 is 1.70 bits per heavy atom. The molecule has 2 nitrogen and oxygen atoms in total. The van der Waals surface area contributed by atoms with E-state index >= 15 is 0 Å². The summed E-state index contributed by atoms with van der Waals surface area (Å²) >= 11 is 23.4. The molecule has 2 aromatic rings. The summed E-state index contributed by atoms with van der Waals surface area (Å²) in [5, 5.41) is 3.68. The van der Waals surface area contributed by atoms with Crippen LogP contribution in [0.25, 0.3) is 0 Å². The fraction of sp³-hybridized carbons (Fsp3) is 0. The van der Waals surface area contributed by atoms with Crippen LogP contribution in [0.1, 0.15) is 10.4 Å². The second-order valence-corrected chi connectivity index (χ2v) is 7.17. The molecule has 0 aromatic heterocycles. The van der Waals surface area contributed by atoms with Crippen LogP contribution in [0.2, 0.25) is 15.1 Å². The minimum absolute atomic E-state index is 0.289. The topological polar surface area (TPSA) is 29.1 Å². The number of hydrogen-bond acceptors (Lipinski definition) is 1. The van der Waals surface area contributed by atoms with Crippen LogP contribution in [0.15, 0.2) is 34.8 Å². The molecule has 1 amide bonds. The third kappa shape index (κ3) is 3.80. The van der Waals surface area contributed by atoms with Crippen LogP contribution in [0, 0.1) is 3.57 Å². The predicted molar refractivity (Wildman–Crippen MR) is 96.3 cm³/mol. The van der Waals surface area contributed by atoms with Gasteiger partial charge >= 0.3 is 0 Å². The van der Waals surface area contributed by atoms with Crippen molar-refractivity contribution in [3.8, 4) is 0 Å². The summed E-state index contributed by atoms with van der Waals surface area (Å²) in [6, 6.07) is 8.51. The Kier molecular flexibility index (Phi) is 5.59. The van der Waals surface area contributed by atoms with Crippen molar-refractivity contribution in [3.05, 3.63) is 59.0 Å². The minimum atomic E-state index is -0.304. The van der Waals surface area contributed by atoms with Crippen molar-refractivity contribution in [3.63, 3.8) is 0 Å². The van der Waals surface area contributed by atoms with Gasteiger partial charge in [-0.15, -0.1) is 0 Å². The Labute approximate surface area is 153 Å². The maximum absolute atomic E-state index is 12.3. The van der Waals surface area contributed by atoms with Crippen molar-refractivity contribution in [2.45, 2.75) is 0 Å². The van der Waals surface area contributed by atoms with Gasteiger partial charge in [-0.1, -0.05) is 34.8 Å². The largest absolute Gasteiger partial charge is 0.319 e. The third-order valence-corrected chi connectivity index (χ3v) is 4.60. The molecule has 20 heavy (non-hydrogen) atoms. The molecule has 0 radical (unpaired) electrons. The van der Waals surface area contributed by atoms with Crippen LogP contribution in [0.5, 0.6) is 0 Å². The molecule has 0 unspecified atom stereocenters. The van der Waals surface area contributed by atoms with Crippen LogP contribution >= 0.6 is 73.3 Å². The zero-order valence-corrected chi connectivity index (χ0v) is 15.7. The molecule has 2 aromatic carbocycles. The van der Waals surface area contributed by atoms with Gasteiger partial charge in [0.05, 0.1) is 21.3 Å². The average Bonchev–Trinajstić information content (AvgIpc) is 2.36. The summed E-state index contributed by atoms with van der Waals surface area (Å²) in [5.41, 5.74) is 0.840. The molecule has 0 atom stereocenters. The van der Waals surface area contributed by atoms with Crippen LogP contribution in [0.3, 0.4) is 0 Å². The summed E-state index contributed by atoms with van der Waals surface area (Å²) in [6.07, 6.45) is 0. The van der Waals surface area contributed by atoms with Gasteiger partial charge in [0.15, 0.2) is 0 Å². The van der Waals surface area contributed by atoms with E-state index in [0.29, 0.717) is 20.7 Å². The highest BCUT2D eigenvalue weighted by atomic mass is 127. The zero-order valence-electron chi connectivity index (χ0n) is 9.68. The first-order chi connectivity index (χ1) is 9.38. The SMILES string of the molecule is O=C(Nc1c(Cl)cc(Cl)cc1Cl)c1cc(I)ccc1Br. The second kappa shape index (κ2) is 6.83. The normalized spacial score (nSPS) is 10.4. The monoisotopic (exact) mass is 503 g/mol. The highest BCUT2D eigenvalue weighted by Gasteiger charge is 2.15. The van der Waals surface area contributed by atoms with Gasteiger partial charge in [-0.2, -0.15) is 0 Å². The van der Waals surface area contributed by atoms with E-state index in [9.17, 15) is 4.79 Å². The van der Waals surface area contributed by atoms with Crippen LogP contribution in [-0.4, -0.2) is 5.91 Å². The lowest BCUT2D eigenvalue weighted by Crippen LogP contribution is -2.13. The smallest absolute Gasteiger partial charge is 0.256 e. The molecule has 2 rings (SSSR count). The molecule has 0 aliphatic heterocycles. The highest BCUT2D eigenvalue weighted by Crippen LogP contribution is 2.34. The van der Waals surface area contributed by atoms with Gasteiger partial charge < -0.3 is 5.32 Å². The number of carbonyl (C=O) groups is 1. The summed E-state index contributed by atoms with van der Waals surface area (Å²) in [5.74, 6) is -0.304. The van der Waals surface area contributed by atoms with Crippen molar-refractivity contribution < 1.29 is 4.79 Å². The van der Waals surface area contributed by atoms with Gasteiger partial charge in [-0.3, -0.25) is 4.79 Å². The Balaban J connectivity index is 2.35. The Morgan fingerprint density at radius 3 is 2.30 bits per heavy atom. The van der Waals surface area contributed by atoms with E-state index in [2.05, 4.69) is 43.8 Å². The molecular weight excluding hydrogens is 499 g/mol. The lowest BCUT2D eigenvalue weighted by atomic mass is 10.2. The van der Waals surface area contributed by atoms with Gasteiger partial charge in [0.25, 0.3) is 5.91 Å². The van der Waals surface area contributed by atoms with E-state index in [1.807, 2.05) is 12.1 Å². The van der Waals surface area contributed by atoms with Crippen molar-refractivity contribution in [1.82, 2.24) is 0 Å². The van der Waals surface area contributed by atoms with Crippen LogP contribution < -0.4 is 5.32 Å². The lowest BCUT2D eigenvalue weighted by Gasteiger charge is -2.11. The molecule has 0 heterocycles. The number of hydrogen-bond donors (Lipinski definition) is 1. The van der Waals surface area contributed by atoms with E-state index in [-0.39, 0.29) is 16.0 Å². The molecule has 104 valence electrons. The van der Waals surface area contributed by atoms with Gasteiger partial charge in [0, 0.05) is 13.1 Å². The zero-order chi connectivity index (χ0) is 14.9. The van der Waals surface area contributed by atoms with Gasteiger partial charge in [-0.25, -0.2) is 0 Å². The van der Waals surface area contributed by atoms with Crippen molar-refractivity contribution in [1.29, 1.82) is 0 Å². The maximum Gasteiger partial charge on any atom is 0.256 e. The van der Waals surface area contributed by atoms with Crippen molar-refractivity contribution >= 4 is 84.9 Å². The van der Waals surface area contributed by atoms with Gasteiger partial charge in [-0.05, 0) is 68.9 Å². The summed E-state index contributed by atoms with van der Waals surface area (Å²) in [4.78, 5) is 12.3. The molecule has 0 saturated carbocycles. The molecule has 1 N–H and O–H groups in total. The van der Waals surface area contributed by atoms with Crippen LogP contribution in [-0.2, 0) is 0 Å². The number of amides is 1. The van der Waals surface area contributed by atoms with E-state index in [1.165, 1.54) is 12.1 Å². The molecule has 0 saturated heterocycles. The number of carbonyl (C=O) groups excluding carboxylic acids is 1. The molecule has 0 fully saturated rings. The molecule has 0 aliphatic rings. The Hall–Kier alpha value is -0.0100. The summed E-state index contributed by atoms with van der Waals surface area (Å²) in [6.45, 7) is 0. The van der Waals surface area contributed by atoms with Gasteiger partial charge in [0.2, 0.25) is 0 Å². The first-order valence-corrected chi connectivity index (χ1v) is 8.30. The Morgan fingerprint density at radius 1 is 1.10 bits per heavy atom. The maximum atomic E-state index is 12.3. The molecule has 0 spiro atoms. The Bertz CT molecular complexity index is 670. The van der Waals surface area contributed by atoms with E-state index in [4.69, 9.17) is 34.8 Å². The predicted octanol–water partition coefficient (Wildman–Crippen LogP) is 6.27. The van der Waals surface area contributed by atoms with E-state index < -0.39 is 0 Å². The van der Waals surface area contributed by atoms with Gasteiger partial charge in [0.1, 0.15) is 0 Å². The molecule has 0 bridgehead atoms. The lowest BCUT2D eigenvalue weighted by molar-refractivity contribution is 0.102. The second-order valence-electron chi connectivity index (χ2n) is 3.82. The summed E-state index contributed by atoms with van der Waals surface area (Å²) < 4.78 is 1.64. The molecular formula is C13H6BrCl3INO. The number of benzene rings is 2. The first kappa shape index (κ1) is 16.4. The minimum Gasteiger partial charge on any atom is -0.319 e. The van der Waals surface area contributed by atoms with Crippen molar-refractivity contribution in [2.24, 2.45) is 0 Å². The fourth-order valence-corrected chi connectivity index (χ4v) is 3.34. The first-order valence-electron chi connectivity index (χ1n) is 5.29. The number of anilines is 1. The number of rotatable bonds is 2. The standard InChI is InChI=1S/C13H6BrCl3INO/c14-9-2-1-7(18)5-8(9)13(20)19-12-10(16)3-6(15)4-11(12)17/h1-5H,(H,19,20). The average molecular weight is 505 g/mol. The fourth-order valence-electron chi connectivity index (χ4n) is 1.51. The van der Waals surface area contributed by atoms with E-state index in [0.717, 1.165) is 3.57 Å². The highest BCUT2D eigenvalue weighted by molar-refractivity contribution is 14.1. The summed E-state index contributed by atoms with van der Waals surface area (Å²) in [7, 11) is 0. The van der Waals surface area contributed by atoms with E-state index in [1.54, 1.807) is 6.07 Å². The third-order valence-electron chi connectivity index (χ3n) is 2.42. The quantitative estimate of drug-likeness (QED) is 0.480. The van der Waals surface area contributed by atoms with Crippen molar-refractivity contribution in [2.75, 3.05) is 5.32 Å². The molecule has 0 aliphatic carbocycles. The van der Waals surface area contributed by atoms with Crippen LogP contribution in [0.4, 0.5) is 5.69 Å². The number of halogens is 5. The number of nitrogens with one attached hydrogen (secondary N) is 1. The molecule has 7 heteroatoms.